The Morgan fingerprint density at radius 2 is 2.21 bits per heavy atom. The summed E-state index contributed by atoms with van der Waals surface area (Å²) in [4.78, 5) is 17.9. The molecule has 1 atom stereocenters. The van der Waals surface area contributed by atoms with Crippen LogP contribution in [0, 0.1) is 0 Å². The van der Waals surface area contributed by atoms with Gasteiger partial charge < -0.3 is 5.32 Å². The predicted molar refractivity (Wildman–Crippen MR) is 103 cm³/mol. The van der Waals surface area contributed by atoms with Crippen LogP contribution in [0.25, 0.3) is 10.9 Å². The van der Waals surface area contributed by atoms with E-state index in [-0.39, 0.29) is 11.5 Å². The summed E-state index contributed by atoms with van der Waals surface area (Å²) in [6.45, 7) is 6.78. The smallest absolute Gasteiger partial charge is 0.261 e. The van der Waals surface area contributed by atoms with Gasteiger partial charge in [-0.25, -0.2) is 4.98 Å². The molecule has 4 nitrogen and oxygen atoms in total. The molecule has 0 saturated heterocycles. The summed E-state index contributed by atoms with van der Waals surface area (Å²) < 4.78 is 2.77. The van der Waals surface area contributed by atoms with Gasteiger partial charge in [-0.05, 0) is 44.5 Å². The molecule has 0 amide bonds. The summed E-state index contributed by atoms with van der Waals surface area (Å²) in [5.74, 6) is 1.16. The third kappa shape index (κ3) is 3.33. The van der Waals surface area contributed by atoms with Gasteiger partial charge in [-0.2, -0.15) is 0 Å². The third-order valence-electron chi connectivity index (χ3n) is 4.70. The maximum absolute atomic E-state index is 13.0. The van der Waals surface area contributed by atoms with Crippen LogP contribution in [0.5, 0.6) is 0 Å². The first-order valence-corrected chi connectivity index (χ1v) is 9.54. The monoisotopic (exact) mass is 389 g/mol. The van der Waals surface area contributed by atoms with Gasteiger partial charge in [0.25, 0.3) is 5.56 Å². The maximum atomic E-state index is 13.0. The summed E-state index contributed by atoms with van der Waals surface area (Å²) in [5, 5.41) is 4.05. The average Bonchev–Trinajstić information content (AvgIpc) is 2.61. The van der Waals surface area contributed by atoms with Crippen molar-refractivity contribution in [1.82, 2.24) is 14.9 Å². The van der Waals surface area contributed by atoms with Gasteiger partial charge in [-0.3, -0.25) is 9.36 Å². The number of hydrogen-bond donors (Lipinski definition) is 1. The summed E-state index contributed by atoms with van der Waals surface area (Å²) in [6, 6.07) is 5.76. The highest BCUT2D eigenvalue weighted by atomic mass is 79.9. The summed E-state index contributed by atoms with van der Waals surface area (Å²) >= 11 is 3.46. The predicted octanol–water partition coefficient (Wildman–Crippen LogP) is 3.98. The van der Waals surface area contributed by atoms with Gasteiger partial charge in [0.1, 0.15) is 5.82 Å². The Balaban J connectivity index is 2.20. The van der Waals surface area contributed by atoms with Crippen molar-refractivity contribution in [3.05, 3.63) is 50.5 Å². The van der Waals surface area contributed by atoms with Crippen molar-refractivity contribution >= 4 is 26.8 Å². The fourth-order valence-corrected chi connectivity index (χ4v) is 3.87. The number of nitrogens with one attached hydrogen (secondary N) is 1. The molecule has 2 aromatic rings. The summed E-state index contributed by atoms with van der Waals surface area (Å²) in [6.07, 6.45) is 5.41. The largest absolute Gasteiger partial charge is 0.313 e. The van der Waals surface area contributed by atoms with Crippen LogP contribution in [0.3, 0.4) is 0 Å². The van der Waals surface area contributed by atoms with E-state index >= 15 is 0 Å². The Kier molecular flexibility index (Phi) is 5.51. The Hall–Kier alpha value is -1.46. The molecule has 1 unspecified atom stereocenters. The molecule has 0 radical (unpaired) electrons. The van der Waals surface area contributed by atoms with Crippen molar-refractivity contribution in [1.29, 1.82) is 0 Å². The minimum absolute atomic E-state index is 0.0643. The van der Waals surface area contributed by atoms with Gasteiger partial charge in [-0.15, -0.1) is 0 Å². The number of benzene rings is 1. The molecule has 0 aliphatic carbocycles. The van der Waals surface area contributed by atoms with Crippen LogP contribution < -0.4 is 10.9 Å². The molecule has 1 aromatic carbocycles. The summed E-state index contributed by atoms with van der Waals surface area (Å²) in [5.41, 5.74) is 2.27. The van der Waals surface area contributed by atoms with E-state index in [1.54, 1.807) is 0 Å². The fourth-order valence-electron chi connectivity index (χ4n) is 3.51. The molecule has 1 aliphatic rings. The third-order valence-corrected chi connectivity index (χ3v) is 5.19. The van der Waals surface area contributed by atoms with E-state index in [4.69, 9.17) is 4.98 Å². The Labute approximate surface area is 151 Å². The highest BCUT2D eigenvalue weighted by Gasteiger charge is 2.23. The molecule has 0 bridgehead atoms. The van der Waals surface area contributed by atoms with Gasteiger partial charge in [0, 0.05) is 23.5 Å². The number of nitrogens with zero attached hydrogens (tertiary/aromatic N) is 2. The van der Waals surface area contributed by atoms with Crippen LogP contribution in [0.15, 0.2) is 39.1 Å². The molecular weight excluding hydrogens is 366 g/mol. The van der Waals surface area contributed by atoms with Crippen molar-refractivity contribution in [2.24, 2.45) is 0 Å². The molecule has 0 spiro atoms. The van der Waals surface area contributed by atoms with E-state index in [2.05, 4.69) is 34.2 Å². The lowest BCUT2D eigenvalue weighted by Crippen LogP contribution is -2.29. The first-order valence-electron chi connectivity index (χ1n) is 8.75. The average molecular weight is 390 g/mol. The molecule has 2 heterocycles. The zero-order valence-corrected chi connectivity index (χ0v) is 15.9. The van der Waals surface area contributed by atoms with Crippen molar-refractivity contribution in [3.8, 4) is 0 Å². The Morgan fingerprint density at radius 1 is 1.38 bits per heavy atom. The molecule has 1 N–H and O–H groups in total. The molecule has 3 rings (SSSR count). The lowest BCUT2D eigenvalue weighted by Gasteiger charge is -2.25. The highest BCUT2D eigenvalue weighted by Crippen LogP contribution is 2.31. The van der Waals surface area contributed by atoms with Crippen LogP contribution in [-0.2, 0) is 6.54 Å². The van der Waals surface area contributed by atoms with Crippen LogP contribution in [0.1, 0.15) is 44.9 Å². The second-order valence-electron chi connectivity index (χ2n) is 6.26. The van der Waals surface area contributed by atoms with Gasteiger partial charge in [0.2, 0.25) is 0 Å². The topological polar surface area (TPSA) is 46.9 Å². The molecular formula is C19H24BrN3O. The molecule has 128 valence electrons. The van der Waals surface area contributed by atoms with Gasteiger partial charge >= 0.3 is 0 Å². The number of halogens is 1. The first kappa shape index (κ1) is 17.4. The quantitative estimate of drug-likeness (QED) is 0.786. The van der Waals surface area contributed by atoms with Crippen LogP contribution in [0.2, 0.25) is 0 Å². The van der Waals surface area contributed by atoms with E-state index in [1.165, 1.54) is 5.57 Å². The standard InChI is InChI=1S/C19H24BrN3O/c1-3-5-15(13-8-10-21-11-9-13)18-22-17-7-6-14(20)12-16(17)19(24)23(18)4-2/h6-8,12,15,21H,3-5,9-11H2,1-2H3. The van der Waals surface area contributed by atoms with Gasteiger partial charge in [0.05, 0.1) is 10.9 Å². The van der Waals surface area contributed by atoms with E-state index in [1.807, 2.05) is 29.7 Å². The lowest BCUT2D eigenvalue weighted by atomic mass is 9.89. The van der Waals surface area contributed by atoms with Crippen LogP contribution >= 0.6 is 15.9 Å². The number of rotatable bonds is 5. The van der Waals surface area contributed by atoms with Crippen LogP contribution in [0.4, 0.5) is 0 Å². The zero-order valence-electron chi connectivity index (χ0n) is 14.3. The second-order valence-corrected chi connectivity index (χ2v) is 7.17. The fraction of sp³-hybridized carbons (Fsp3) is 0.474. The van der Waals surface area contributed by atoms with Crippen molar-refractivity contribution in [3.63, 3.8) is 0 Å². The minimum atomic E-state index is 0.0643. The molecule has 0 fully saturated rings. The SMILES string of the molecule is CCCC(C1=CCNCC1)c1nc2ccc(Br)cc2c(=O)n1CC. The number of aromatic nitrogens is 2. The van der Waals surface area contributed by atoms with Crippen molar-refractivity contribution < 1.29 is 0 Å². The maximum Gasteiger partial charge on any atom is 0.261 e. The van der Waals surface area contributed by atoms with Gasteiger partial charge in [-0.1, -0.05) is 40.9 Å². The Bertz CT molecular complexity index is 825. The molecule has 5 heteroatoms. The molecule has 24 heavy (non-hydrogen) atoms. The van der Waals surface area contributed by atoms with Gasteiger partial charge in [0.15, 0.2) is 0 Å². The molecule has 0 saturated carbocycles. The molecule has 1 aliphatic heterocycles. The molecule has 1 aromatic heterocycles. The summed E-state index contributed by atoms with van der Waals surface area (Å²) in [7, 11) is 0. The normalized spacial score (nSPS) is 16.2. The van der Waals surface area contributed by atoms with Crippen molar-refractivity contribution in [2.75, 3.05) is 13.1 Å². The first-order chi connectivity index (χ1) is 11.7. The van der Waals surface area contributed by atoms with E-state index < -0.39 is 0 Å². The number of fused-ring (bicyclic) bond motifs is 1. The van der Waals surface area contributed by atoms with E-state index in [0.717, 1.165) is 48.2 Å². The van der Waals surface area contributed by atoms with Crippen molar-refractivity contribution in [2.45, 2.75) is 45.6 Å². The zero-order chi connectivity index (χ0) is 17.1. The lowest BCUT2D eigenvalue weighted by molar-refractivity contribution is 0.544. The Morgan fingerprint density at radius 3 is 2.88 bits per heavy atom. The minimum Gasteiger partial charge on any atom is -0.313 e. The highest BCUT2D eigenvalue weighted by molar-refractivity contribution is 9.10. The van der Waals surface area contributed by atoms with E-state index in [0.29, 0.717) is 11.9 Å². The number of hydrogen-bond acceptors (Lipinski definition) is 3. The van der Waals surface area contributed by atoms with Crippen LogP contribution in [-0.4, -0.2) is 22.6 Å². The second kappa shape index (κ2) is 7.62. The van der Waals surface area contributed by atoms with E-state index in [9.17, 15) is 4.79 Å².